The first-order valence-corrected chi connectivity index (χ1v) is 22.6. The van der Waals surface area contributed by atoms with Crippen LogP contribution in [0.2, 0.25) is 0 Å². The Hall–Kier alpha value is -8.26. The molecule has 11 aromatic rings. The van der Waals surface area contributed by atoms with Crippen molar-refractivity contribution in [2.45, 2.75) is 12.3 Å². The number of rotatable bonds is 8. The van der Waals surface area contributed by atoms with E-state index in [0.717, 1.165) is 17.1 Å². The van der Waals surface area contributed by atoms with Gasteiger partial charge in [-0.1, -0.05) is 218 Å². The highest BCUT2D eigenvalue weighted by Crippen LogP contribution is 2.55. The summed E-state index contributed by atoms with van der Waals surface area (Å²) in [5.41, 5.74) is 19.3. The van der Waals surface area contributed by atoms with Gasteiger partial charge in [0.05, 0.1) is 0 Å². The summed E-state index contributed by atoms with van der Waals surface area (Å²) in [5.74, 6) is 0. The van der Waals surface area contributed by atoms with Gasteiger partial charge in [-0.25, -0.2) is 0 Å². The van der Waals surface area contributed by atoms with E-state index >= 15 is 0 Å². The van der Waals surface area contributed by atoms with Crippen LogP contribution in [0.25, 0.3) is 77.2 Å². The summed E-state index contributed by atoms with van der Waals surface area (Å²) in [4.78, 5) is 2.40. The molecule has 11 aromatic carbocycles. The van der Waals surface area contributed by atoms with Gasteiger partial charge >= 0.3 is 0 Å². The minimum absolute atomic E-state index is 0.267. The molecule has 0 amide bonds. The summed E-state index contributed by atoms with van der Waals surface area (Å²) in [6.07, 6.45) is 0. The van der Waals surface area contributed by atoms with Crippen molar-refractivity contribution in [3.05, 3.63) is 271 Å². The van der Waals surface area contributed by atoms with E-state index in [9.17, 15) is 0 Å². The molecular formula is C64H45N. The van der Waals surface area contributed by atoms with Gasteiger partial charge in [-0.15, -0.1) is 0 Å². The maximum atomic E-state index is 2.40. The third-order valence-corrected chi connectivity index (χ3v) is 13.8. The minimum atomic E-state index is -0.267. The molecule has 0 bridgehead atoms. The van der Waals surface area contributed by atoms with Crippen molar-refractivity contribution >= 4 is 38.6 Å². The van der Waals surface area contributed by atoms with Crippen molar-refractivity contribution in [3.8, 4) is 55.6 Å². The first-order valence-electron chi connectivity index (χ1n) is 22.6. The standard InChI is InChI=1S/C64H45N/c1-64(51-20-3-2-4-21-51)61-29-10-9-25-60(61)63-59(28-14-30-62(63)64)50-19-11-22-54(43-50)65(53-41-37-49(38-42-53)58-27-13-18-47-16-6-8-24-56(47)58)52-39-35-45(36-40-52)44-31-33-48(34-32-44)57-26-12-17-46-15-5-7-23-55(46)57/h2-43H,1H3. The molecule has 0 radical (unpaired) electrons. The predicted molar refractivity (Wildman–Crippen MR) is 275 cm³/mol. The third kappa shape index (κ3) is 6.55. The van der Waals surface area contributed by atoms with Gasteiger partial charge in [0.1, 0.15) is 0 Å². The second-order valence-electron chi connectivity index (χ2n) is 17.4. The van der Waals surface area contributed by atoms with Crippen LogP contribution in [-0.4, -0.2) is 0 Å². The fraction of sp³-hybridized carbons (Fsp3) is 0.0312. The van der Waals surface area contributed by atoms with Crippen LogP contribution in [0, 0.1) is 0 Å². The zero-order valence-electron chi connectivity index (χ0n) is 36.2. The second kappa shape index (κ2) is 15.8. The molecule has 1 aliphatic rings. The molecule has 12 rings (SSSR count). The average Bonchev–Trinajstić information content (AvgIpc) is 3.65. The van der Waals surface area contributed by atoms with Crippen LogP contribution in [0.5, 0.6) is 0 Å². The Morgan fingerprint density at radius 2 is 0.738 bits per heavy atom. The minimum Gasteiger partial charge on any atom is -0.310 e. The Kier molecular flexibility index (Phi) is 9.35. The second-order valence-corrected chi connectivity index (χ2v) is 17.4. The maximum Gasteiger partial charge on any atom is 0.0467 e. The first-order chi connectivity index (χ1) is 32.1. The third-order valence-electron chi connectivity index (χ3n) is 13.8. The molecule has 0 spiro atoms. The highest BCUT2D eigenvalue weighted by molar-refractivity contribution is 5.99. The van der Waals surface area contributed by atoms with Crippen LogP contribution in [0.15, 0.2) is 255 Å². The van der Waals surface area contributed by atoms with Gasteiger partial charge in [-0.3, -0.25) is 0 Å². The Morgan fingerprint density at radius 1 is 0.292 bits per heavy atom. The molecule has 1 heteroatoms. The number of benzene rings is 11. The lowest BCUT2D eigenvalue weighted by Gasteiger charge is -2.28. The molecule has 1 nitrogen and oxygen atoms in total. The van der Waals surface area contributed by atoms with Gasteiger partial charge in [0.15, 0.2) is 0 Å². The Labute approximate surface area is 381 Å². The van der Waals surface area contributed by atoms with E-state index in [0.29, 0.717) is 0 Å². The molecule has 65 heavy (non-hydrogen) atoms. The van der Waals surface area contributed by atoms with Crippen molar-refractivity contribution in [1.82, 2.24) is 0 Å². The maximum absolute atomic E-state index is 2.40. The van der Waals surface area contributed by atoms with Crippen LogP contribution in [0.3, 0.4) is 0 Å². The van der Waals surface area contributed by atoms with Crippen molar-refractivity contribution in [1.29, 1.82) is 0 Å². The molecule has 306 valence electrons. The number of nitrogens with zero attached hydrogens (tertiary/aromatic N) is 1. The molecule has 0 saturated carbocycles. The number of anilines is 3. The average molecular weight is 828 g/mol. The predicted octanol–water partition coefficient (Wildman–Crippen LogP) is 17.5. The zero-order chi connectivity index (χ0) is 43.3. The fourth-order valence-electron chi connectivity index (χ4n) is 10.5. The Balaban J connectivity index is 0.950. The van der Waals surface area contributed by atoms with Crippen molar-refractivity contribution < 1.29 is 0 Å². The van der Waals surface area contributed by atoms with E-state index in [2.05, 4.69) is 267 Å². The molecule has 1 aliphatic carbocycles. The summed E-state index contributed by atoms with van der Waals surface area (Å²) in [5, 5.41) is 5.03. The summed E-state index contributed by atoms with van der Waals surface area (Å²) < 4.78 is 0. The van der Waals surface area contributed by atoms with Crippen molar-refractivity contribution in [2.75, 3.05) is 4.90 Å². The lowest BCUT2D eigenvalue weighted by molar-refractivity contribution is 0.714. The summed E-state index contributed by atoms with van der Waals surface area (Å²) in [6, 6.07) is 93.4. The molecule has 1 atom stereocenters. The van der Waals surface area contributed by atoms with E-state index in [1.54, 1.807) is 0 Å². The van der Waals surface area contributed by atoms with Gasteiger partial charge in [0.25, 0.3) is 0 Å². The number of hydrogen-bond donors (Lipinski definition) is 0. The van der Waals surface area contributed by atoms with Crippen LogP contribution in [0.4, 0.5) is 17.1 Å². The monoisotopic (exact) mass is 827 g/mol. The number of fused-ring (bicyclic) bond motifs is 5. The lowest BCUT2D eigenvalue weighted by atomic mass is 9.74. The quantitative estimate of drug-likeness (QED) is 0.147. The number of hydrogen-bond acceptors (Lipinski definition) is 1. The Bertz CT molecular complexity index is 3520. The largest absolute Gasteiger partial charge is 0.310 e. The van der Waals surface area contributed by atoms with Gasteiger partial charge < -0.3 is 4.90 Å². The molecule has 0 aliphatic heterocycles. The van der Waals surface area contributed by atoms with Gasteiger partial charge in [0.2, 0.25) is 0 Å². The molecular weight excluding hydrogens is 783 g/mol. The van der Waals surface area contributed by atoms with Crippen LogP contribution >= 0.6 is 0 Å². The zero-order valence-corrected chi connectivity index (χ0v) is 36.2. The first kappa shape index (κ1) is 38.4. The van der Waals surface area contributed by atoms with Gasteiger partial charge in [-0.05, 0) is 137 Å². The van der Waals surface area contributed by atoms with E-state index in [1.165, 1.54) is 93.9 Å². The van der Waals surface area contributed by atoms with E-state index in [-0.39, 0.29) is 5.41 Å². The van der Waals surface area contributed by atoms with E-state index in [4.69, 9.17) is 0 Å². The molecule has 0 fully saturated rings. The normalized spacial score (nSPS) is 14.0. The SMILES string of the molecule is CC1(c2ccccc2)c2ccccc2-c2c(-c3cccc(N(c4ccc(-c5ccc(-c6cccc7ccccc67)cc5)cc4)c4ccc(-c5cccc6ccccc56)cc4)c3)cccc21. The van der Waals surface area contributed by atoms with Crippen LogP contribution < -0.4 is 4.90 Å². The molecule has 0 aromatic heterocycles. The summed E-state index contributed by atoms with van der Waals surface area (Å²) in [6.45, 7) is 2.39. The van der Waals surface area contributed by atoms with Gasteiger partial charge in [-0.2, -0.15) is 0 Å². The van der Waals surface area contributed by atoms with Gasteiger partial charge in [0, 0.05) is 22.5 Å². The van der Waals surface area contributed by atoms with Crippen molar-refractivity contribution in [3.63, 3.8) is 0 Å². The molecule has 0 saturated heterocycles. The highest BCUT2D eigenvalue weighted by Gasteiger charge is 2.41. The highest BCUT2D eigenvalue weighted by atomic mass is 15.1. The van der Waals surface area contributed by atoms with E-state index in [1.807, 2.05) is 0 Å². The summed E-state index contributed by atoms with van der Waals surface area (Å²) >= 11 is 0. The van der Waals surface area contributed by atoms with Crippen LogP contribution in [0.1, 0.15) is 23.6 Å². The Morgan fingerprint density at radius 3 is 1.38 bits per heavy atom. The summed E-state index contributed by atoms with van der Waals surface area (Å²) in [7, 11) is 0. The lowest BCUT2D eigenvalue weighted by Crippen LogP contribution is -2.22. The molecule has 1 unspecified atom stereocenters. The fourth-order valence-corrected chi connectivity index (χ4v) is 10.5. The van der Waals surface area contributed by atoms with E-state index < -0.39 is 0 Å². The topological polar surface area (TPSA) is 3.24 Å². The smallest absolute Gasteiger partial charge is 0.0467 e. The van der Waals surface area contributed by atoms with Crippen LogP contribution in [-0.2, 0) is 5.41 Å². The molecule has 0 heterocycles. The molecule has 0 N–H and O–H groups in total. The van der Waals surface area contributed by atoms with Crippen molar-refractivity contribution in [2.24, 2.45) is 0 Å².